The van der Waals surface area contributed by atoms with Crippen molar-refractivity contribution in [3.8, 4) is 0 Å². The summed E-state index contributed by atoms with van der Waals surface area (Å²) in [6.07, 6.45) is 5.82. The molecule has 0 aromatic carbocycles. The third kappa shape index (κ3) is 6.99. The molecule has 0 radical (unpaired) electrons. The van der Waals surface area contributed by atoms with Gasteiger partial charge in [0.25, 0.3) is 0 Å². The van der Waals surface area contributed by atoms with E-state index in [1.54, 1.807) is 13.8 Å². The van der Waals surface area contributed by atoms with Gasteiger partial charge in [0, 0.05) is 47.2 Å². The molecule has 1 aliphatic heterocycles. The minimum Gasteiger partial charge on any atom is -0.466 e. The number of carbonyl (C=O) groups is 4. The highest BCUT2D eigenvalue weighted by Crippen LogP contribution is 2.68. The average Bonchev–Trinajstić information content (AvgIpc) is 3.43. The number of piperidine rings is 1. The molecule has 2 bridgehead atoms. The molecule has 48 heavy (non-hydrogen) atoms. The molecule has 0 aromatic rings. The van der Waals surface area contributed by atoms with Gasteiger partial charge in [-0.05, 0) is 75.5 Å². The van der Waals surface area contributed by atoms with Crippen LogP contribution in [0.25, 0.3) is 0 Å². The van der Waals surface area contributed by atoms with Crippen LogP contribution in [-0.4, -0.2) is 83.1 Å². The molecule has 1 amide bonds. The van der Waals surface area contributed by atoms with Gasteiger partial charge in [0.2, 0.25) is 5.91 Å². The van der Waals surface area contributed by atoms with Crippen LogP contribution in [-0.2, 0) is 28.7 Å². The molecule has 4 unspecified atom stereocenters. The number of allylic oxidation sites excluding steroid dienone is 1. The second-order valence-corrected chi connectivity index (χ2v) is 17.3. The average molecular weight is 689 g/mol. The first-order chi connectivity index (χ1) is 22.5. The highest BCUT2D eigenvalue weighted by Gasteiger charge is 2.68. The molecular weight excluding hydrogens is 628 g/mol. The molecule has 0 spiro atoms. The maximum absolute atomic E-state index is 13.7. The zero-order valence-corrected chi connectivity index (χ0v) is 31.5. The number of ketones is 1. The molecule has 3 aliphatic carbocycles. The van der Waals surface area contributed by atoms with E-state index in [2.05, 4.69) is 32.7 Å². The van der Waals surface area contributed by atoms with Gasteiger partial charge in [-0.1, -0.05) is 47.6 Å². The number of amides is 1. The van der Waals surface area contributed by atoms with E-state index in [-0.39, 0.29) is 57.7 Å². The summed E-state index contributed by atoms with van der Waals surface area (Å²) in [6.45, 7) is 21.2. The Hall–Kier alpha value is -2.33. The van der Waals surface area contributed by atoms with Crippen molar-refractivity contribution in [1.82, 2.24) is 10.2 Å². The van der Waals surface area contributed by atoms with Crippen molar-refractivity contribution < 1.29 is 33.8 Å². The summed E-state index contributed by atoms with van der Waals surface area (Å²) in [5, 5.41) is 15.1. The molecule has 4 fully saturated rings. The van der Waals surface area contributed by atoms with Crippen LogP contribution in [0.3, 0.4) is 0 Å². The van der Waals surface area contributed by atoms with E-state index in [9.17, 15) is 24.3 Å². The van der Waals surface area contributed by atoms with Gasteiger partial charge in [-0.3, -0.25) is 14.4 Å². The molecule has 0 aromatic heterocycles. The molecule has 270 valence electrons. The van der Waals surface area contributed by atoms with Gasteiger partial charge in [-0.15, -0.1) is 18.3 Å². The van der Waals surface area contributed by atoms with Crippen LogP contribution in [0.1, 0.15) is 100 Å². The van der Waals surface area contributed by atoms with Gasteiger partial charge in [0.05, 0.1) is 24.5 Å². The Kier molecular flexibility index (Phi) is 11.9. The lowest BCUT2D eigenvalue weighted by atomic mass is 9.44. The Morgan fingerprint density at radius 2 is 1.85 bits per heavy atom. The Morgan fingerprint density at radius 1 is 1.17 bits per heavy atom. The number of likely N-dealkylation sites (tertiary alicyclic amines) is 1. The van der Waals surface area contributed by atoms with Crippen molar-refractivity contribution in [1.29, 1.82) is 0 Å². The fraction of sp³-hybridized carbons (Fsp3) is 0.789. The molecule has 3 saturated carbocycles. The number of methoxy groups -OCH3 is 1. The Bertz CT molecular complexity index is 1300. The number of Topliss-reactive ketones (excluding diaryl/α,β-unsaturated/α-hetero) is 1. The van der Waals surface area contributed by atoms with Gasteiger partial charge in [-0.25, -0.2) is 4.79 Å². The van der Waals surface area contributed by atoms with Crippen molar-refractivity contribution in [3.63, 3.8) is 0 Å². The molecule has 4 aliphatic rings. The Balaban J connectivity index is 1.47. The summed E-state index contributed by atoms with van der Waals surface area (Å²) in [5.74, 6) is -0.554. The fourth-order valence-corrected chi connectivity index (χ4v) is 10.6. The first-order valence-electron chi connectivity index (χ1n) is 17.9. The van der Waals surface area contributed by atoms with E-state index in [1.807, 2.05) is 31.7 Å². The minimum absolute atomic E-state index is 0.0125. The van der Waals surface area contributed by atoms with Crippen LogP contribution >= 0.6 is 11.8 Å². The Morgan fingerprint density at radius 3 is 2.48 bits per heavy atom. The second-order valence-electron chi connectivity index (χ2n) is 16.0. The van der Waals surface area contributed by atoms with Crippen molar-refractivity contribution in [2.24, 2.45) is 39.9 Å². The first-order valence-corrected chi connectivity index (χ1v) is 19.0. The second kappa shape index (κ2) is 14.9. The molecule has 10 atom stereocenters. The summed E-state index contributed by atoms with van der Waals surface area (Å²) in [7, 11) is 1.34. The predicted octanol–water partition coefficient (Wildman–Crippen LogP) is 5.70. The van der Waals surface area contributed by atoms with E-state index in [0.717, 1.165) is 32.1 Å². The van der Waals surface area contributed by atoms with Crippen LogP contribution in [0.4, 0.5) is 0 Å². The Labute approximate surface area is 292 Å². The van der Waals surface area contributed by atoms with Gasteiger partial charge < -0.3 is 24.8 Å². The number of hydrogen-bond donors (Lipinski definition) is 2. The van der Waals surface area contributed by atoms with Crippen LogP contribution in [0.2, 0.25) is 0 Å². The van der Waals surface area contributed by atoms with Gasteiger partial charge in [0.15, 0.2) is 0 Å². The third-order valence-electron chi connectivity index (χ3n) is 13.1. The standard InChI is InChI=1S/C38H60N2O7S/c1-11-36(8)19-29(37(9)23(4)14-16-38(25(6)33(36)43)17-15-28(41)32(37)38)47-30(42)21-48-27-13-12-18-40(20-27)34(44)31(22(2)3)39-26(7)24(5)35(45)46-10/h11,22-23,25,27,29,31-33,39,43H,1,12-21H2,2-10H3/b26-24-/t23?,25-,27-,29+,31+,32?,33?,36+,37-,38?/m0/s1. The van der Waals surface area contributed by atoms with E-state index in [1.165, 1.54) is 18.9 Å². The van der Waals surface area contributed by atoms with Crippen LogP contribution < -0.4 is 5.32 Å². The van der Waals surface area contributed by atoms with Gasteiger partial charge >= 0.3 is 11.9 Å². The molecule has 9 nitrogen and oxygen atoms in total. The number of ether oxygens (including phenoxy) is 2. The monoisotopic (exact) mass is 688 g/mol. The number of aliphatic hydroxyl groups excluding tert-OH is 1. The topological polar surface area (TPSA) is 122 Å². The van der Waals surface area contributed by atoms with Crippen molar-refractivity contribution in [2.75, 3.05) is 26.0 Å². The van der Waals surface area contributed by atoms with Crippen LogP contribution in [0.5, 0.6) is 0 Å². The number of aliphatic hydroxyl groups is 1. The quantitative estimate of drug-likeness (QED) is 0.169. The lowest BCUT2D eigenvalue weighted by Crippen LogP contribution is -2.63. The fourth-order valence-electron chi connectivity index (χ4n) is 9.51. The number of rotatable bonds is 10. The van der Waals surface area contributed by atoms with E-state index < -0.39 is 35.0 Å². The predicted molar refractivity (Wildman–Crippen MR) is 189 cm³/mol. The number of nitrogens with one attached hydrogen (secondary N) is 1. The van der Waals surface area contributed by atoms with E-state index in [4.69, 9.17) is 9.47 Å². The maximum atomic E-state index is 13.7. The number of carbonyl (C=O) groups excluding carboxylic acids is 4. The SMILES string of the molecule is C=C[C@]1(C)C[C@@H](OC(=O)CS[C@H]2CCCN(C(=O)[C@H](N/C(C)=C(/C)C(=O)OC)C(C)C)C2)[C@]2(C)C(C)CCC3(CCC(=O)C32)[C@@H](C)C1O. The summed E-state index contributed by atoms with van der Waals surface area (Å²) in [6, 6.07) is -0.501. The molecule has 1 heterocycles. The van der Waals surface area contributed by atoms with Crippen LogP contribution in [0, 0.1) is 39.9 Å². The summed E-state index contributed by atoms with van der Waals surface area (Å²) < 4.78 is 11.3. The largest absolute Gasteiger partial charge is 0.466 e. The molecule has 2 N–H and O–H groups in total. The molecule has 1 saturated heterocycles. The first kappa shape index (κ1) is 38.5. The highest BCUT2D eigenvalue weighted by molar-refractivity contribution is 8.00. The number of thioether (sulfide) groups is 1. The summed E-state index contributed by atoms with van der Waals surface area (Å²) >= 11 is 1.52. The highest BCUT2D eigenvalue weighted by atomic mass is 32.2. The zero-order valence-electron chi connectivity index (χ0n) is 30.7. The minimum atomic E-state index is -0.699. The summed E-state index contributed by atoms with van der Waals surface area (Å²) in [4.78, 5) is 55.0. The van der Waals surface area contributed by atoms with Crippen molar-refractivity contribution in [3.05, 3.63) is 23.9 Å². The van der Waals surface area contributed by atoms with E-state index in [0.29, 0.717) is 37.2 Å². The van der Waals surface area contributed by atoms with Gasteiger partial charge in [-0.2, -0.15) is 0 Å². The van der Waals surface area contributed by atoms with Crippen molar-refractivity contribution in [2.45, 2.75) is 124 Å². The molecule has 4 rings (SSSR count). The maximum Gasteiger partial charge on any atom is 0.335 e. The summed E-state index contributed by atoms with van der Waals surface area (Å²) in [5.41, 5.74) is -0.484. The van der Waals surface area contributed by atoms with Crippen molar-refractivity contribution >= 4 is 35.4 Å². The third-order valence-corrected chi connectivity index (χ3v) is 14.3. The number of nitrogens with zero attached hydrogens (tertiary/aromatic N) is 1. The number of hydrogen-bond acceptors (Lipinski definition) is 9. The number of esters is 2. The normalized spacial score (nSPS) is 37.8. The zero-order chi connectivity index (χ0) is 35.8. The smallest absolute Gasteiger partial charge is 0.335 e. The lowest BCUT2D eigenvalue weighted by Gasteiger charge is -2.61. The van der Waals surface area contributed by atoms with Gasteiger partial charge in [0.1, 0.15) is 17.9 Å². The molecular formula is C38H60N2O7S. The lowest BCUT2D eigenvalue weighted by molar-refractivity contribution is -0.205. The molecule has 10 heteroatoms. The van der Waals surface area contributed by atoms with Crippen LogP contribution in [0.15, 0.2) is 23.9 Å². The van der Waals surface area contributed by atoms with E-state index >= 15 is 0 Å².